The van der Waals surface area contributed by atoms with Crippen LogP contribution < -0.4 is 5.32 Å². The van der Waals surface area contributed by atoms with Gasteiger partial charge in [-0.1, -0.05) is 0 Å². The van der Waals surface area contributed by atoms with E-state index in [0.29, 0.717) is 32.2 Å². The summed E-state index contributed by atoms with van der Waals surface area (Å²) in [6, 6.07) is -0.280. The van der Waals surface area contributed by atoms with E-state index < -0.39 is 0 Å². The van der Waals surface area contributed by atoms with Gasteiger partial charge in [0.25, 0.3) is 0 Å². The standard InChI is InChI=1S/C10H15N3O3/c1-11-8-7-15-5-3-13(10(8)14)6-9-12-2-4-16-9/h2,4,8,11H,3,5-7H2,1H3. The molecule has 1 atom stereocenters. The van der Waals surface area contributed by atoms with Gasteiger partial charge in [-0.15, -0.1) is 0 Å². The van der Waals surface area contributed by atoms with Crippen molar-refractivity contribution in [2.75, 3.05) is 26.8 Å². The van der Waals surface area contributed by atoms with E-state index in [1.165, 1.54) is 6.26 Å². The Hall–Kier alpha value is -1.40. The molecule has 88 valence electrons. The van der Waals surface area contributed by atoms with Crippen molar-refractivity contribution in [1.82, 2.24) is 15.2 Å². The highest BCUT2D eigenvalue weighted by Crippen LogP contribution is 2.07. The monoisotopic (exact) mass is 225 g/mol. The molecule has 0 aromatic carbocycles. The number of nitrogens with one attached hydrogen (secondary N) is 1. The normalized spacial score (nSPS) is 22.2. The zero-order valence-corrected chi connectivity index (χ0v) is 9.18. The number of amides is 1. The first-order valence-corrected chi connectivity index (χ1v) is 5.23. The van der Waals surface area contributed by atoms with Crippen LogP contribution in [0.4, 0.5) is 0 Å². The first-order valence-electron chi connectivity index (χ1n) is 5.23. The van der Waals surface area contributed by atoms with Gasteiger partial charge in [0.15, 0.2) is 0 Å². The summed E-state index contributed by atoms with van der Waals surface area (Å²) in [5.41, 5.74) is 0. The maximum Gasteiger partial charge on any atom is 0.242 e. The van der Waals surface area contributed by atoms with Crippen molar-refractivity contribution in [3.05, 3.63) is 18.4 Å². The van der Waals surface area contributed by atoms with Crippen molar-refractivity contribution in [3.63, 3.8) is 0 Å². The molecule has 1 saturated heterocycles. The second-order valence-electron chi connectivity index (χ2n) is 3.60. The van der Waals surface area contributed by atoms with Crippen LogP contribution in [0.15, 0.2) is 16.9 Å². The summed E-state index contributed by atoms with van der Waals surface area (Å²) >= 11 is 0. The second kappa shape index (κ2) is 5.09. The van der Waals surface area contributed by atoms with Gasteiger partial charge in [0.1, 0.15) is 12.3 Å². The van der Waals surface area contributed by atoms with Crippen LogP contribution in [0.5, 0.6) is 0 Å². The maximum absolute atomic E-state index is 12.0. The number of oxazole rings is 1. The minimum absolute atomic E-state index is 0.0261. The summed E-state index contributed by atoms with van der Waals surface area (Å²) in [7, 11) is 1.75. The largest absolute Gasteiger partial charge is 0.447 e. The highest BCUT2D eigenvalue weighted by Gasteiger charge is 2.26. The number of hydrogen-bond donors (Lipinski definition) is 1. The number of ether oxygens (including phenoxy) is 1. The van der Waals surface area contributed by atoms with E-state index in [4.69, 9.17) is 9.15 Å². The molecule has 0 radical (unpaired) electrons. The predicted octanol–water partition coefficient (Wildman–Crippen LogP) is -0.379. The maximum atomic E-state index is 12.0. The van der Waals surface area contributed by atoms with E-state index in [9.17, 15) is 4.79 Å². The Bertz CT molecular complexity index is 339. The number of carbonyl (C=O) groups excluding carboxylic acids is 1. The molecular formula is C10H15N3O3. The molecule has 0 aliphatic carbocycles. The van der Waals surface area contributed by atoms with Gasteiger partial charge in [-0.3, -0.25) is 4.79 Å². The van der Waals surface area contributed by atoms with Crippen molar-refractivity contribution in [2.45, 2.75) is 12.6 Å². The summed E-state index contributed by atoms with van der Waals surface area (Å²) in [5, 5.41) is 2.94. The summed E-state index contributed by atoms with van der Waals surface area (Å²) in [4.78, 5) is 17.7. The van der Waals surface area contributed by atoms with Gasteiger partial charge in [0.2, 0.25) is 11.8 Å². The van der Waals surface area contributed by atoms with Crippen LogP contribution in [-0.2, 0) is 16.1 Å². The van der Waals surface area contributed by atoms with E-state index in [0.717, 1.165) is 0 Å². The van der Waals surface area contributed by atoms with Crippen LogP contribution in [0.3, 0.4) is 0 Å². The van der Waals surface area contributed by atoms with Crippen molar-refractivity contribution < 1.29 is 13.9 Å². The lowest BCUT2D eigenvalue weighted by atomic mass is 10.2. The zero-order chi connectivity index (χ0) is 11.4. The number of aromatic nitrogens is 1. The third kappa shape index (κ3) is 2.40. The Morgan fingerprint density at radius 2 is 2.56 bits per heavy atom. The molecule has 1 unspecified atom stereocenters. The number of rotatable bonds is 3. The van der Waals surface area contributed by atoms with Gasteiger partial charge in [0, 0.05) is 6.54 Å². The van der Waals surface area contributed by atoms with Gasteiger partial charge in [-0.2, -0.15) is 0 Å². The molecule has 0 saturated carbocycles. The van der Waals surface area contributed by atoms with Crippen LogP contribution in [0.1, 0.15) is 5.89 Å². The van der Waals surface area contributed by atoms with Crippen LogP contribution in [0.25, 0.3) is 0 Å². The second-order valence-corrected chi connectivity index (χ2v) is 3.60. The minimum Gasteiger partial charge on any atom is -0.447 e. The van der Waals surface area contributed by atoms with Crippen molar-refractivity contribution in [1.29, 1.82) is 0 Å². The molecule has 1 fully saturated rings. The summed E-state index contributed by atoms with van der Waals surface area (Å²) < 4.78 is 10.5. The fourth-order valence-electron chi connectivity index (χ4n) is 1.64. The Kier molecular flexibility index (Phi) is 3.53. The lowest BCUT2D eigenvalue weighted by molar-refractivity contribution is -0.133. The van der Waals surface area contributed by atoms with E-state index in [1.807, 2.05) is 0 Å². The molecule has 1 aliphatic heterocycles. The van der Waals surface area contributed by atoms with Crippen LogP contribution >= 0.6 is 0 Å². The molecular weight excluding hydrogens is 210 g/mol. The number of likely N-dealkylation sites (N-methyl/N-ethyl adjacent to an activating group) is 1. The van der Waals surface area contributed by atoms with E-state index in [1.54, 1.807) is 18.1 Å². The van der Waals surface area contributed by atoms with Crippen LogP contribution in [-0.4, -0.2) is 48.6 Å². The minimum atomic E-state index is -0.280. The Balaban J connectivity index is 2.04. The average molecular weight is 225 g/mol. The van der Waals surface area contributed by atoms with Gasteiger partial charge in [-0.25, -0.2) is 4.98 Å². The Morgan fingerprint density at radius 1 is 1.69 bits per heavy atom. The van der Waals surface area contributed by atoms with Gasteiger partial charge in [-0.05, 0) is 7.05 Å². The average Bonchev–Trinajstić information content (AvgIpc) is 2.73. The first kappa shape index (κ1) is 11.1. The van der Waals surface area contributed by atoms with Crippen molar-refractivity contribution in [3.8, 4) is 0 Å². The first-order chi connectivity index (χ1) is 7.81. The molecule has 1 aromatic rings. The molecule has 6 nitrogen and oxygen atoms in total. The fraction of sp³-hybridized carbons (Fsp3) is 0.600. The highest BCUT2D eigenvalue weighted by atomic mass is 16.5. The third-order valence-electron chi connectivity index (χ3n) is 2.56. The number of carbonyl (C=O) groups is 1. The molecule has 1 amide bonds. The van der Waals surface area contributed by atoms with Crippen LogP contribution in [0.2, 0.25) is 0 Å². The zero-order valence-electron chi connectivity index (χ0n) is 9.18. The molecule has 1 aliphatic rings. The summed E-state index contributed by atoms with van der Waals surface area (Å²) in [5.74, 6) is 0.573. The smallest absolute Gasteiger partial charge is 0.242 e. The number of nitrogens with zero attached hydrogens (tertiary/aromatic N) is 2. The molecule has 6 heteroatoms. The molecule has 1 N–H and O–H groups in total. The summed E-state index contributed by atoms with van der Waals surface area (Å²) in [6.45, 7) is 1.93. The molecule has 2 rings (SSSR count). The molecule has 1 aromatic heterocycles. The molecule has 0 bridgehead atoms. The van der Waals surface area contributed by atoms with Crippen molar-refractivity contribution in [2.24, 2.45) is 0 Å². The third-order valence-corrected chi connectivity index (χ3v) is 2.56. The van der Waals surface area contributed by atoms with E-state index in [-0.39, 0.29) is 11.9 Å². The lowest BCUT2D eigenvalue weighted by Gasteiger charge is -2.21. The van der Waals surface area contributed by atoms with E-state index >= 15 is 0 Å². The fourth-order valence-corrected chi connectivity index (χ4v) is 1.64. The summed E-state index contributed by atoms with van der Waals surface area (Å²) in [6.07, 6.45) is 3.08. The van der Waals surface area contributed by atoms with Gasteiger partial charge >= 0.3 is 0 Å². The molecule has 2 heterocycles. The number of hydrogen-bond acceptors (Lipinski definition) is 5. The topological polar surface area (TPSA) is 67.6 Å². The highest BCUT2D eigenvalue weighted by molar-refractivity contribution is 5.82. The predicted molar refractivity (Wildman–Crippen MR) is 55.6 cm³/mol. The molecule has 0 spiro atoms. The lowest BCUT2D eigenvalue weighted by Crippen LogP contribution is -2.45. The van der Waals surface area contributed by atoms with Crippen molar-refractivity contribution >= 4 is 5.91 Å². The molecule has 16 heavy (non-hydrogen) atoms. The van der Waals surface area contributed by atoms with E-state index in [2.05, 4.69) is 10.3 Å². The van der Waals surface area contributed by atoms with Gasteiger partial charge < -0.3 is 19.4 Å². The Morgan fingerprint density at radius 3 is 3.25 bits per heavy atom. The van der Waals surface area contributed by atoms with Gasteiger partial charge in [0.05, 0.1) is 26.0 Å². The Labute approximate surface area is 93.6 Å². The SMILES string of the molecule is CNC1COCCN(Cc2ncco2)C1=O. The quantitative estimate of drug-likeness (QED) is 0.759. The van der Waals surface area contributed by atoms with Crippen LogP contribution in [0, 0.1) is 0 Å².